The third-order valence-electron chi connectivity index (χ3n) is 2.89. The van der Waals surface area contributed by atoms with Crippen LogP contribution in [0.15, 0.2) is 24.7 Å². The monoisotopic (exact) mass is 273 g/mol. The lowest BCUT2D eigenvalue weighted by Gasteiger charge is -2.13. The van der Waals surface area contributed by atoms with Crippen LogP contribution in [0.2, 0.25) is 0 Å². The van der Waals surface area contributed by atoms with Gasteiger partial charge in [0.15, 0.2) is 11.6 Å². The molecule has 2 rings (SSSR count). The molecule has 0 amide bonds. The molecule has 0 atom stereocenters. The summed E-state index contributed by atoms with van der Waals surface area (Å²) in [5, 5.41) is 6.39. The van der Waals surface area contributed by atoms with Crippen molar-refractivity contribution in [2.75, 3.05) is 24.3 Å². The summed E-state index contributed by atoms with van der Waals surface area (Å²) >= 11 is 0. The molecule has 6 heteroatoms. The zero-order valence-electron chi connectivity index (χ0n) is 12.0. The molecular formula is C14H19N5O. The van der Waals surface area contributed by atoms with Gasteiger partial charge in [-0.2, -0.15) is 0 Å². The van der Waals surface area contributed by atoms with Crippen LogP contribution in [-0.2, 0) is 6.54 Å². The van der Waals surface area contributed by atoms with Gasteiger partial charge < -0.3 is 15.4 Å². The second kappa shape index (κ2) is 6.70. The van der Waals surface area contributed by atoms with Crippen LogP contribution in [0.5, 0.6) is 5.75 Å². The summed E-state index contributed by atoms with van der Waals surface area (Å²) in [4.78, 5) is 12.7. The van der Waals surface area contributed by atoms with Gasteiger partial charge in [-0.05, 0) is 25.5 Å². The SMILES string of the molecule is CCNc1ncnc(NCc2ncccc2C)c1OC. The summed E-state index contributed by atoms with van der Waals surface area (Å²) in [7, 11) is 1.61. The number of ether oxygens (including phenoxy) is 1. The van der Waals surface area contributed by atoms with E-state index in [2.05, 4.69) is 25.6 Å². The first kappa shape index (κ1) is 14.0. The fraction of sp³-hybridized carbons (Fsp3) is 0.357. The molecule has 0 bridgehead atoms. The highest BCUT2D eigenvalue weighted by Gasteiger charge is 2.11. The van der Waals surface area contributed by atoms with E-state index in [0.717, 1.165) is 17.8 Å². The second-order valence-electron chi connectivity index (χ2n) is 4.26. The first-order valence-corrected chi connectivity index (χ1v) is 6.53. The third-order valence-corrected chi connectivity index (χ3v) is 2.89. The van der Waals surface area contributed by atoms with Crippen LogP contribution >= 0.6 is 0 Å². The second-order valence-corrected chi connectivity index (χ2v) is 4.26. The molecular weight excluding hydrogens is 254 g/mol. The quantitative estimate of drug-likeness (QED) is 0.841. The van der Waals surface area contributed by atoms with Gasteiger partial charge in [-0.1, -0.05) is 6.07 Å². The number of aromatic nitrogens is 3. The maximum absolute atomic E-state index is 5.38. The molecule has 0 spiro atoms. The lowest BCUT2D eigenvalue weighted by atomic mass is 10.2. The van der Waals surface area contributed by atoms with Crippen molar-refractivity contribution in [2.45, 2.75) is 20.4 Å². The van der Waals surface area contributed by atoms with Crippen molar-refractivity contribution in [1.82, 2.24) is 15.0 Å². The van der Waals surface area contributed by atoms with Gasteiger partial charge in [0.05, 0.1) is 19.3 Å². The standard InChI is InChI=1S/C14H19N5O/c1-4-15-13-12(20-3)14(19-9-18-13)17-8-11-10(2)6-5-7-16-11/h5-7,9H,4,8H2,1-3H3,(H2,15,17,18,19). The van der Waals surface area contributed by atoms with Crippen LogP contribution in [-0.4, -0.2) is 28.6 Å². The molecule has 0 aliphatic rings. The zero-order chi connectivity index (χ0) is 14.4. The van der Waals surface area contributed by atoms with Gasteiger partial charge >= 0.3 is 0 Å². The molecule has 0 saturated carbocycles. The van der Waals surface area contributed by atoms with E-state index in [4.69, 9.17) is 4.74 Å². The number of rotatable bonds is 6. The van der Waals surface area contributed by atoms with Crippen molar-refractivity contribution in [3.8, 4) is 5.75 Å². The minimum atomic E-state index is 0.589. The Morgan fingerprint density at radius 1 is 1.15 bits per heavy atom. The Kier molecular flexibility index (Phi) is 4.70. The first-order valence-electron chi connectivity index (χ1n) is 6.53. The topological polar surface area (TPSA) is 72.0 Å². The predicted octanol–water partition coefficient (Wildman–Crippen LogP) is 2.23. The Labute approximate surface area is 118 Å². The molecule has 6 nitrogen and oxygen atoms in total. The van der Waals surface area contributed by atoms with E-state index in [9.17, 15) is 0 Å². The largest absolute Gasteiger partial charge is 0.490 e. The Balaban J connectivity index is 2.17. The van der Waals surface area contributed by atoms with Crippen LogP contribution in [0.1, 0.15) is 18.2 Å². The minimum Gasteiger partial charge on any atom is -0.490 e. The molecule has 2 heterocycles. The maximum Gasteiger partial charge on any atom is 0.204 e. The molecule has 0 fully saturated rings. The summed E-state index contributed by atoms with van der Waals surface area (Å²) in [5.74, 6) is 1.96. The highest BCUT2D eigenvalue weighted by molar-refractivity contribution is 5.63. The average molecular weight is 273 g/mol. The van der Waals surface area contributed by atoms with Crippen LogP contribution in [0.25, 0.3) is 0 Å². The van der Waals surface area contributed by atoms with Gasteiger partial charge in [0, 0.05) is 12.7 Å². The number of nitrogens with one attached hydrogen (secondary N) is 2. The molecule has 0 aliphatic carbocycles. The Bertz CT molecular complexity index is 573. The third kappa shape index (κ3) is 3.14. The molecule has 2 aromatic rings. The van der Waals surface area contributed by atoms with Crippen LogP contribution in [0, 0.1) is 6.92 Å². The number of aryl methyl sites for hydroxylation is 1. The van der Waals surface area contributed by atoms with Crippen molar-refractivity contribution in [3.63, 3.8) is 0 Å². The van der Waals surface area contributed by atoms with Crippen molar-refractivity contribution >= 4 is 11.6 Å². The summed E-state index contributed by atoms with van der Waals surface area (Å²) < 4.78 is 5.38. The number of hydrogen-bond acceptors (Lipinski definition) is 6. The number of pyridine rings is 1. The molecule has 106 valence electrons. The summed E-state index contributed by atoms with van der Waals surface area (Å²) in [6, 6.07) is 3.96. The van der Waals surface area contributed by atoms with E-state index in [1.54, 1.807) is 13.3 Å². The molecule has 0 unspecified atom stereocenters. The van der Waals surface area contributed by atoms with E-state index in [0.29, 0.717) is 23.9 Å². The molecule has 2 N–H and O–H groups in total. The van der Waals surface area contributed by atoms with E-state index < -0.39 is 0 Å². The molecule has 0 radical (unpaired) electrons. The van der Waals surface area contributed by atoms with Gasteiger partial charge in [-0.15, -0.1) is 0 Å². The summed E-state index contributed by atoms with van der Waals surface area (Å²) in [6.45, 7) is 5.40. The Morgan fingerprint density at radius 2 is 1.90 bits per heavy atom. The summed E-state index contributed by atoms with van der Waals surface area (Å²) in [6.07, 6.45) is 3.29. The average Bonchev–Trinajstić information content (AvgIpc) is 2.47. The minimum absolute atomic E-state index is 0.589. The normalized spacial score (nSPS) is 10.2. The molecule has 2 aromatic heterocycles. The molecule has 0 aliphatic heterocycles. The molecule has 0 aromatic carbocycles. The van der Waals surface area contributed by atoms with Crippen molar-refractivity contribution in [1.29, 1.82) is 0 Å². The lowest BCUT2D eigenvalue weighted by molar-refractivity contribution is 0.414. The van der Waals surface area contributed by atoms with E-state index in [1.165, 1.54) is 6.33 Å². The molecule has 20 heavy (non-hydrogen) atoms. The fourth-order valence-electron chi connectivity index (χ4n) is 1.86. The number of hydrogen-bond donors (Lipinski definition) is 2. The fourth-order valence-corrected chi connectivity index (χ4v) is 1.86. The Morgan fingerprint density at radius 3 is 2.55 bits per heavy atom. The Hall–Kier alpha value is -2.37. The number of anilines is 2. The lowest BCUT2D eigenvalue weighted by Crippen LogP contribution is -2.09. The van der Waals surface area contributed by atoms with Crippen molar-refractivity contribution < 1.29 is 4.74 Å². The number of methoxy groups -OCH3 is 1. The number of nitrogens with zero attached hydrogens (tertiary/aromatic N) is 3. The molecule has 0 saturated heterocycles. The maximum atomic E-state index is 5.38. The van der Waals surface area contributed by atoms with Crippen molar-refractivity contribution in [3.05, 3.63) is 35.9 Å². The smallest absolute Gasteiger partial charge is 0.204 e. The van der Waals surface area contributed by atoms with E-state index in [-0.39, 0.29) is 0 Å². The van der Waals surface area contributed by atoms with Crippen LogP contribution in [0.4, 0.5) is 11.6 Å². The van der Waals surface area contributed by atoms with Gasteiger partial charge in [0.25, 0.3) is 0 Å². The van der Waals surface area contributed by atoms with Crippen LogP contribution < -0.4 is 15.4 Å². The van der Waals surface area contributed by atoms with Gasteiger partial charge in [-0.3, -0.25) is 4.98 Å². The van der Waals surface area contributed by atoms with Gasteiger partial charge in [0.2, 0.25) is 5.75 Å². The predicted molar refractivity (Wildman–Crippen MR) is 79.0 cm³/mol. The highest BCUT2D eigenvalue weighted by atomic mass is 16.5. The van der Waals surface area contributed by atoms with Crippen molar-refractivity contribution in [2.24, 2.45) is 0 Å². The van der Waals surface area contributed by atoms with E-state index in [1.807, 2.05) is 26.0 Å². The first-order chi connectivity index (χ1) is 9.76. The summed E-state index contributed by atoms with van der Waals surface area (Å²) in [5.41, 5.74) is 2.12. The van der Waals surface area contributed by atoms with Crippen LogP contribution in [0.3, 0.4) is 0 Å². The van der Waals surface area contributed by atoms with Gasteiger partial charge in [0.1, 0.15) is 6.33 Å². The zero-order valence-corrected chi connectivity index (χ0v) is 12.0. The highest BCUT2D eigenvalue weighted by Crippen LogP contribution is 2.29. The van der Waals surface area contributed by atoms with Gasteiger partial charge in [-0.25, -0.2) is 9.97 Å². The van der Waals surface area contributed by atoms with E-state index >= 15 is 0 Å².